The molecule has 0 radical (unpaired) electrons. The predicted molar refractivity (Wildman–Crippen MR) is 85.8 cm³/mol. The van der Waals surface area contributed by atoms with Crippen LogP contribution in [0.2, 0.25) is 0 Å². The summed E-state index contributed by atoms with van der Waals surface area (Å²) < 4.78 is 12.2. The molecule has 1 fully saturated rings. The van der Waals surface area contributed by atoms with Gasteiger partial charge in [-0.25, -0.2) is 0 Å². The third kappa shape index (κ3) is 2.44. The molecule has 3 nitrogen and oxygen atoms in total. The summed E-state index contributed by atoms with van der Waals surface area (Å²) in [6.45, 7) is 2.85. The number of methoxy groups -OCH3 is 2. The zero-order chi connectivity index (χ0) is 14.8. The monoisotopic (exact) mass is 341 g/mol. The first kappa shape index (κ1) is 15.6. The second-order valence-electron chi connectivity index (χ2n) is 5.49. The van der Waals surface area contributed by atoms with Gasteiger partial charge in [-0.15, -0.1) is 0 Å². The molecular weight excluding hydrogens is 318 g/mol. The van der Waals surface area contributed by atoms with Gasteiger partial charge in [-0.3, -0.25) is 0 Å². The molecule has 4 heteroatoms. The molecule has 0 spiro atoms. The van der Waals surface area contributed by atoms with Crippen LogP contribution in [0.25, 0.3) is 0 Å². The van der Waals surface area contributed by atoms with Crippen molar-refractivity contribution in [1.29, 1.82) is 0 Å². The maximum atomic E-state index is 6.16. The molecule has 1 aromatic rings. The van der Waals surface area contributed by atoms with Gasteiger partial charge in [-0.2, -0.15) is 0 Å². The Morgan fingerprint density at radius 1 is 1.25 bits per heavy atom. The van der Waals surface area contributed by atoms with E-state index in [1.807, 2.05) is 6.07 Å². The molecule has 0 saturated heterocycles. The van der Waals surface area contributed by atoms with Gasteiger partial charge in [0.2, 0.25) is 0 Å². The molecule has 2 rings (SSSR count). The van der Waals surface area contributed by atoms with Gasteiger partial charge in [0.15, 0.2) is 11.5 Å². The van der Waals surface area contributed by atoms with E-state index < -0.39 is 0 Å². The Morgan fingerprint density at radius 3 is 2.35 bits per heavy atom. The van der Waals surface area contributed by atoms with Gasteiger partial charge in [0.1, 0.15) is 0 Å². The largest absolute Gasteiger partial charge is 0.493 e. The van der Waals surface area contributed by atoms with Crippen LogP contribution in [0.4, 0.5) is 0 Å². The highest BCUT2D eigenvalue weighted by atomic mass is 79.9. The van der Waals surface area contributed by atoms with E-state index in [1.54, 1.807) is 14.2 Å². The predicted octanol–water partition coefficient (Wildman–Crippen LogP) is 3.80. The molecule has 0 bridgehead atoms. The summed E-state index contributed by atoms with van der Waals surface area (Å²) in [5.74, 6) is 1.64. The molecule has 0 unspecified atom stereocenters. The number of hydrogen-bond donors (Lipinski definition) is 1. The lowest BCUT2D eigenvalue weighted by atomic mass is 9.76. The molecule has 0 atom stereocenters. The summed E-state index contributed by atoms with van der Waals surface area (Å²) in [7, 11) is 3.39. The first-order valence-corrected chi connectivity index (χ1v) is 8.06. The molecule has 1 saturated carbocycles. The van der Waals surface area contributed by atoms with Crippen molar-refractivity contribution in [3.8, 4) is 11.5 Å². The summed E-state index contributed by atoms with van der Waals surface area (Å²) in [4.78, 5) is 0. The van der Waals surface area contributed by atoms with E-state index in [2.05, 4.69) is 22.9 Å². The second-order valence-corrected chi connectivity index (χ2v) is 6.35. The van der Waals surface area contributed by atoms with Gasteiger partial charge >= 0.3 is 0 Å². The Labute approximate surface area is 130 Å². The van der Waals surface area contributed by atoms with Gasteiger partial charge in [0.05, 0.1) is 14.2 Å². The van der Waals surface area contributed by atoms with Crippen LogP contribution in [-0.2, 0) is 11.8 Å². The van der Waals surface area contributed by atoms with E-state index in [0.29, 0.717) is 6.54 Å². The number of ether oxygens (including phenoxy) is 2. The van der Waals surface area contributed by atoms with Crippen molar-refractivity contribution in [2.75, 3.05) is 20.8 Å². The number of nitrogens with two attached hydrogens (primary N) is 1. The minimum absolute atomic E-state index is 0.0870. The van der Waals surface area contributed by atoms with Crippen LogP contribution >= 0.6 is 15.9 Å². The summed E-state index contributed by atoms with van der Waals surface area (Å²) in [5.41, 5.74) is 8.81. The maximum absolute atomic E-state index is 6.16. The van der Waals surface area contributed by atoms with E-state index in [1.165, 1.54) is 24.0 Å². The topological polar surface area (TPSA) is 44.5 Å². The summed E-state index contributed by atoms with van der Waals surface area (Å²) >= 11 is 3.74. The maximum Gasteiger partial charge on any atom is 0.164 e. The Kier molecular flexibility index (Phi) is 4.97. The van der Waals surface area contributed by atoms with Crippen molar-refractivity contribution >= 4 is 15.9 Å². The zero-order valence-electron chi connectivity index (χ0n) is 12.6. The molecule has 0 amide bonds. The number of hydrogen-bond acceptors (Lipinski definition) is 3. The van der Waals surface area contributed by atoms with Crippen molar-refractivity contribution in [3.63, 3.8) is 0 Å². The van der Waals surface area contributed by atoms with Gasteiger partial charge in [0.25, 0.3) is 0 Å². The lowest BCUT2D eigenvalue weighted by Crippen LogP contribution is -2.33. The van der Waals surface area contributed by atoms with Crippen LogP contribution in [0.3, 0.4) is 0 Å². The van der Waals surface area contributed by atoms with Crippen LogP contribution in [0.15, 0.2) is 10.5 Å². The van der Waals surface area contributed by atoms with Gasteiger partial charge in [-0.05, 0) is 30.9 Å². The Bertz CT molecular complexity index is 482. The van der Waals surface area contributed by atoms with Gasteiger partial charge in [-0.1, -0.05) is 35.7 Å². The lowest BCUT2D eigenvalue weighted by Gasteiger charge is -2.32. The van der Waals surface area contributed by atoms with Crippen LogP contribution < -0.4 is 15.2 Å². The first-order valence-electron chi connectivity index (χ1n) is 7.27. The van der Waals surface area contributed by atoms with Crippen LogP contribution in [0.1, 0.15) is 43.7 Å². The van der Waals surface area contributed by atoms with Crippen molar-refractivity contribution in [2.45, 2.75) is 44.4 Å². The smallest absolute Gasteiger partial charge is 0.164 e. The number of rotatable bonds is 5. The molecule has 112 valence electrons. The highest BCUT2D eigenvalue weighted by Crippen LogP contribution is 2.49. The molecule has 1 aliphatic rings. The van der Waals surface area contributed by atoms with Gasteiger partial charge in [0, 0.05) is 22.0 Å². The van der Waals surface area contributed by atoms with Crippen molar-refractivity contribution in [2.24, 2.45) is 5.73 Å². The van der Waals surface area contributed by atoms with E-state index in [4.69, 9.17) is 15.2 Å². The first-order chi connectivity index (χ1) is 9.63. The fraction of sp³-hybridized carbons (Fsp3) is 0.625. The summed E-state index contributed by atoms with van der Waals surface area (Å²) in [6, 6.07) is 2.02. The van der Waals surface area contributed by atoms with Crippen molar-refractivity contribution in [1.82, 2.24) is 0 Å². The third-order valence-corrected chi connectivity index (χ3v) is 5.18. The zero-order valence-corrected chi connectivity index (χ0v) is 14.2. The Balaban J connectivity index is 2.68. The van der Waals surface area contributed by atoms with Gasteiger partial charge < -0.3 is 15.2 Å². The molecule has 2 N–H and O–H groups in total. The highest BCUT2D eigenvalue weighted by molar-refractivity contribution is 9.10. The summed E-state index contributed by atoms with van der Waals surface area (Å²) in [5, 5.41) is 0. The van der Waals surface area contributed by atoms with E-state index >= 15 is 0 Å². The molecule has 0 heterocycles. The minimum Gasteiger partial charge on any atom is -0.493 e. The average molecular weight is 342 g/mol. The quantitative estimate of drug-likeness (QED) is 0.885. The second kappa shape index (κ2) is 6.35. The highest BCUT2D eigenvalue weighted by Gasteiger charge is 2.38. The molecule has 20 heavy (non-hydrogen) atoms. The SMILES string of the molecule is CCc1c(OC)c(OC)cc(Br)c1C1(CN)CCCC1. The molecule has 1 aromatic carbocycles. The van der Waals surface area contributed by atoms with Crippen molar-refractivity contribution in [3.05, 3.63) is 21.7 Å². The van der Waals surface area contributed by atoms with E-state index in [0.717, 1.165) is 35.2 Å². The normalized spacial score (nSPS) is 17.2. The standard InChI is InChI=1S/C16H24BrNO2/c1-4-11-14(16(10-18)7-5-6-8-16)12(17)9-13(19-2)15(11)20-3/h9H,4-8,10,18H2,1-3H3. The van der Waals surface area contributed by atoms with Crippen LogP contribution in [0, 0.1) is 0 Å². The fourth-order valence-corrected chi connectivity index (χ4v) is 4.42. The fourth-order valence-electron chi connectivity index (χ4n) is 3.55. The molecule has 1 aliphatic carbocycles. The van der Waals surface area contributed by atoms with E-state index in [9.17, 15) is 0 Å². The Morgan fingerprint density at radius 2 is 1.90 bits per heavy atom. The minimum atomic E-state index is 0.0870. The summed E-state index contributed by atoms with van der Waals surface area (Å²) in [6.07, 6.45) is 5.73. The molecule has 0 aromatic heterocycles. The lowest BCUT2D eigenvalue weighted by molar-refractivity contribution is 0.347. The average Bonchev–Trinajstić information content (AvgIpc) is 2.95. The van der Waals surface area contributed by atoms with Crippen molar-refractivity contribution < 1.29 is 9.47 Å². The third-order valence-electron chi connectivity index (χ3n) is 4.56. The Hall–Kier alpha value is -0.740. The number of benzene rings is 1. The molecular formula is C16H24BrNO2. The van der Waals surface area contributed by atoms with E-state index in [-0.39, 0.29) is 5.41 Å². The number of halogens is 1. The van der Waals surface area contributed by atoms with Crippen LogP contribution in [-0.4, -0.2) is 20.8 Å². The van der Waals surface area contributed by atoms with Crippen LogP contribution in [0.5, 0.6) is 11.5 Å². The molecule has 0 aliphatic heterocycles.